The highest BCUT2D eigenvalue weighted by molar-refractivity contribution is 5.91. The van der Waals surface area contributed by atoms with E-state index in [1.165, 1.54) is 11.1 Å². The second-order valence-corrected chi connectivity index (χ2v) is 9.39. The zero-order chi connectivity index (χ0) is 23.1. The molecule has 3 rings (SSSR count). The molecule has 1 aliphatic heterocycles. The topological polar surface area (TPSA) is 49.7 Å². The molecule has 0 aliphatic carbocycles. The Labute approximate surface area is 193 Å². The number of urea groups is 1. The SMILES string of the molecule is CC(C)c1cccc(C(C)C)c1NC(=O)N(CCCN1CCOCC1)Cc1cccn1C. The minimum Gasteiger partial charge on any atom is -0.379 e. The molecule has 1 aromatic carbocycles. The number of carbonyl (C=O) groups is 1. The number of aromatic nitrogens is 1. The van der Waals surface area contributed by atoms with Gasteiger partial charge < -0.3 is 19.5 Å². The molecule has 32 heavy (non-hydrogen) atoms. The van der Waals surface area contributed by atoms with E-state index in [4.69, 9.17) is 4.74 Å². The summed E-state index contributed by atoms with van der Waals surface area (Å²) in [5, 5.41) is 3.31. The molecule has 0 atom stereocenters. The average molecular weight is 441 g/mol. The quantitative estimate of drug-likeness (QED) is 0.595. The maximum atomic E-state index is 13.6. The minimum absolute atomic E-state index is 0.0248. The third kappa shape index (κ3) is 6.36. The fraction of sp³-hybridized carbons (Fsp3) is 0.577. The van der Waals surface area contributed by atoms with Gasteiger partial charge in [-0.3, -0.25) is 4.90 Å². The Balaban J connectivity index is 1.76. The Morgan fingerprint density at radius 2 is 1.72 bits per heavy atom. The smallest absolute Gasteiger partial charge is 0.322 e. The molecule has 2 amide bonds. The lowest BCUT2D eigenvalue weighted by Gasteiger charge is -2.29. The van der Waals surface area contributed by atoms with E-state index in [1.54, 1.807) is 0 Å². The Bertz CT molecular complexity index is 842. The van der Waals surface area contributed by atoms with E-state index in [0.29, 0.717) is 18.4 Å². The summed E-state index contributed by atoms with van der Waals surface area (Å²) in [5.74, 6) is 0.679. The van der Waals surface area contributed by atoms with E-state index < -0.39 is 0 Å². The normalized spacial score (nSPS) is 14.8. The van der Waals surface area contributed by atoms with Gasteiger partial charge in [-0.25, -0.2) is 4.79 Å². The minimum atomic E-state index is -0.0248. The number of anilines is 1. The van der Waals surface area contributed by atoms with Crippen LogP contribution in [0.3, 0.4) is 0 Å². The first-order valence-electron chi connectivity index (χ1n) is 12.0. The van der Waals surface area contributed by atoms with Crippen molar-refractivity contribution in [3.05, 3.63) is 53.3 Å². The van der Waals surface area contributed by atoms with Crippen molar-refractivity contribution in [2.24, 2.45) is 7.05 Å². The van der Waals surface area contributed by atoms with Crippen molar-refractivity contribution in [1.82, 2.24) is 14.4 Å². The van der Waals surface area contributed by atoms with Crippen LogP contribution in [0.2, 0.25) is 0 Å². The second-order valence-electron chi connectivity index (χ2n) is 9.39. The first-order chi connectivity index (χ1) is 15.4. The van der Waals surface area contributed by atoms with E-state index in [9.17, 15) is 4.79 Å². The summed E-state index contributed by atoms with van der Waals surface area (Å²) in [6, 6.07) is 10.5. The zero-order valence-electron chi connectivity index (χ0n) is 20.4. The van der Waals surface area contributed by atoms with Gasteiger partial charge in [0.25, 0.3) is 0 Å². The lowest BCUT2D eigenvalue weighted by Crippen LogP contribution is -2.40. The molecular weight excluding hydrogens is 400 g/mol. The molecular formula is C26H40N4O2. The Hall–Kier alpha value is -2.31. The van der Waals surface area contributed by atoms with Crippen molar-refractivity contribution in [1.29, 1.82) is 0 Å². The van der Waals surface area contributed by atoms with Crippen LogP contribution < -0.4 is 5.32 Å². The van der Waals surface area contributed by atoms with Gasteiger partial charge in [0.15, 0.2) is 0 Å². The summed E-state index contributed by atoms with van der Waals surface area (Å²) in [6.07, 6.45) is 2.98. The lowest BCUT2D eigenvalue weighted by atomic mass is 9.93. The van der Waals surface area contributed by atoms with Crippen LogP contribution in [0, 0.1) is 0 Å². The molecule has 0 unspecified atom stereocenters. The number of morpholine rings is 1. The number of benzene rings is 1. The van der Waals surface area contributed by atoms with Gasteiger partial charge in [-0.15, -0.1) is 0 Å². The largest absolute Gasteiger partial charge is 0.379 e. The number of nitrogens with zero attached hydrogens (tertiary/aromatic N) is 3. The van der Waals surface area contributed by atoms with Crippen molar-refractivity contribution in [3.8, 4) is 0 Å². The fourth-order valence-corrected chi connectivity index (χ4v) is 4.30. The van der Waals surface area contributed by atoms with Gasteiger partial charge in [0.2, 0.25) is 0 Å². The number of nitrogens with one attached hydrogen (secondary N) is 1. The summed E-state index contributed by atoms with van der Waals surface area (Å²) < 4.78 is 7.54. The molecule has 1 N–H and O–H groups in total. The van der Waals surface area contributed by atoms with E-state index >= 15 is 0 Å². The van der Waals surface area contributed by atoms with Crippen LogP contribution in [0.15, 0.2) is 36.5 Å². The Morgan fingerprint density at radius 1 is 1.06 bits per heavy atom. The molecule has 6 nitrogen and oxygen atoms in total. The molecule has 0 radical (unpaired) electrons. The van der Waals surface area contributed by atoms with Crippen molar-refractivity contribution in [3.63, 3.8) is 0 Å². The number of carbonyl (C=O) groups excluding carboxylic acids is 1. The molecule has 1 fully saturated rings. The number of hydrogen-bond acceptors (Lipinski definition) is 3. The first kappa shape index (κ1) is 24.3. The predicted molar refractivity (Wildman–Crippen MR) is 131 cm³/mol. The highest BCUT2D eigenvalue weighted by Crippen LogP contribution is 2.32. The standard InChI is InChI=1S/C26H40N4O2/c1-20(2)23-10-6-11-24(21(3)4)25(23)27-26(31)30(19-22-9-7-12-28(22)5)14-8-13-29-15-17-32-18-16-29/h6-7,9-12,20-21H,8,13-19H2,1-5H3,(H,27,31). The maximum Gasteiger partial charge on any atom is 0.322 e. The number of ether oxygens (including phenoxy) is 1. The van der Waals surface area contributed by atoms with Crippen LogP contribution in [0.25, 0.3) is 0 Å². The van der Waals surface area contributed by atoms with E-state index in [-0.39, 0.29) is 6.03 Å². The first-order valence-corrected chi connectivity index (χ1v) is 12.0. The number of amides is 2. The van der Waals surface area contributed by atoms with Crippen LogP contribution >= 0.6 is 0 Å². The van der Waals surface area contributed by atoms with Crippen molar-refractivity contribution < 1.29 is 9.53 Å². The molecule has 2 aromatic rings. The third-order valence-corrected chi connectivity index (χ3v) is 6.30. The molecule has 6 heteroatoms. The van der Waals surface area contributed by atoms with Crippen molar-refractivity contribution in [2.45, 2.75) is 52.5 Å². The molecule has 2 heterocycles. The number of para-hydroxylation sites is 1. The maximum absolute atomic E-state index is 13.6. The summed E-state index contributed by atoms with van der Waals surface area (Å²) in [5.41, 5.74) is 4.49. The second kappa shape index (κ2) is 11.5. The lowest BCUT2D eigenvalue weighted by molar-refractivity contribution is 0.0365. The number of aryl methyl sites for hydroxylation is 1. The van der Waals surface area contributed by atoms with Crippen molar-refractivity contribution >= 4 is 11.7 Å². The molecule has 0 bridgehead atoms. The highest BCUT2D eigenvalue weighted by atomic mass is 16.5. The molecule has 1 aromatic heterocycles. The molecule has 0 spiro atoms. The van der Waals surface area contributed by atoms with Crippen LogP contribution in [0.5, 0.6) is 0 Å². The van der Waals surface area contributed by atoms with Gasteiger partial charge in [0.1, 0.15) is 0 Å². The van der Waals surface area contributed by atoms with Gasteiger partial charge in [0.05, 0.1) is 19.8 Å². The molecule has 0 saturated carbocycles. The van der Waals surface area contributed by atoms with Gasteiger partial charge in [-0.1, -0.05) is 45.9 Å². The van der Waals surface area contributed by atoms with Crippen LogP contribution in [0.1, 0.15) is 62.8 Å². The van der Waals surface area contributed by atoms with E-state index in [0.717, 1.165) is 57.2 Å². The zero-order valence-corrected chi connectivity index (χ0v) is 20.4. The van der Waals surface area contributed by atoms with Gasteiger partial charge in [0, 0.05) is 50.8 Å². The molecule has 1 aliphatic rings. The Morgan fingerprint density at radius 3 is 2.28 bits per heavy atom. The van der Waals surface area contributed by atoms with Crippen LogP contribution in [-0.2, 0) is 18.3 Å². The summed E-state index contributed by atoms with van der Waals surface area (Å²) in [7, 11) is 2.03. The summed E-state index contributed by atoms with van der Waals surface area (Å²) >= 11 is 0. The van der Waals surface area contributed by atoms with Crippen LogP contribution in [-0.4, -0.2) is 59.8 Å². The third-order valence-electron chi connectivity index (χ3n) is 6.30. The Kier molecular flexibility index (Phi) is 8.76. The summed E-state index contributed by atoms with van der Waals surface area (Å²) in [6.45, 7) is 14.6. The number of rotatable bonds is 9. The molecule has 1 saturated heterocycles. The van der Waals surface area contributed by atoms with Gasteiger partial charge in [-0.05, 0) is 41.5 Å². The monoisotopic (exact) mass is 440 g/mol. The summed E-state index contributed by atoms with van der Waals surface area (Å²) in [4.78, 5) is 17.9. The van der Waals surface area contributed by atoms with E-state index in [1.807, 2.05) is 24.2 Å². The highest BCUT2D eigenvalue weighted by Gasteiger charge is 2.21. The van der Waals surface area contributed by atoms with Crippen LogP contribution in [0.4, 0.5) is 10.5 Å². The van der Waals surface area contributed by atoms with Gasteiger partial charge >= 0.3 is 6.03 Å². The number of hydrogen-bond donors (Lipinski definition) is 1. The van der Waals surface area contributed by atoms with Gasteiger partial charge in [-0.2, -0.15) is 0 Å². The molecule has 176 valence electrons. The average Bonchev–Trinajstić information content (AvgIpc) is 3.17. The van der Waals surface area contributed by atoms with E-state index in [2.05, 4.69) is 66.7 Å². The predicted octanol–water partition coefficient (Wildman–Crippen LogP) is 5.03. The van der Waals surface area contributed by atoms with Crippen molar-refractivity contribution in [2.75, 3.05) is 44.7 Å². The fourth-order valence-electron chi connectivity index (χ4n) is 4.30.